The quantitative estimate of drug-likeness (QED) is 0.0277. The zero-order chi connectivity index (χ0) is 36.1. The molecule has 9 nitrogen and oxygen atoms in total. The number of ether oxygens (including phenoxy) is 2. The van der Waals surface area contributed by atoms with Crippen molar-refractivity contribution in [2.45, 2.75) is 200 Å². The van der Waals surface area contributed by atoms with E-state index in [9.17, 15) is 19.0 Å². The molecular weight excluding hydrogens is 641 g/mol. The summed E-state index contributed by atoms with van der Waals surface area (Å²) in [6.45, 7) is 3.71. The third-order valence-corrected chi connectivity index (χ3v) is 9.64. The van der Waals surface area contributed by atoms with Crippen LogP contribution in [0.5, 0.6) is 0 Å². The third-order valence-electron chi connectivity index (χ3n) is 8.65. The van der Waals surface area contributed by atoms with Gasteiger partial charge in [-0.3, -0.25) is 18.6 Å². The van der Waals surface area contributed by atoms with Crippen molar-refractivity contribution in [3.8, 4) is 0 Å². The Hall–Kier alpha value is -1.25. The van der Waals surface area contributed by atoms with Gasteiger partial charge in [0.1, 0.15) is 6.61 Å². The summed E-state index contributed by atoms with van der Waals surface area (Å²) in [5, 5.41) is 0. The summed E-state index contributed by atoms with van der Waals surface area (Å²) in [6, 6.07) is 0. The maximum Gasteiger partial charge on any atom is 0.472 e. The second-order valence-corrected chi connectivity index (χ2v) is 15.0. The standard InChI is InChI=1S/C39H76NO8P/c1-3-5-7-9-11-13-15-17-18-20-22-24-26-28-30-32-39(42)48-37(36-47-49(43,44)46-34-33-40)35-45-38(41)31-29-27-25-23-21-19-16-14-12-10-8-6-4-2/h9,11,37H,3-8,10,12-36,40H2,1-2H3,(H,43,44)/b11-9-. The summed E-state index contributed by atoms with van der Waals surface area (Å²) in [7, 11) is -4.37. The molecule has 0 saturated heterocycles. The number of carbonyl (C=O) groups excluding carboxylic acids is 2. The van der Waals surface area contributed by atoms with E-state index >= 15 is 0 Å². The van der Waals surface area contributed by atoms with E-state index in [2.05, 4.69) is 26.0 Å². The van der Waals surface area contributed by atoms with Crippen LogP contribution in [0.4, 0.5) is 0 Å². The first-order chi connectivity index (χ1) is 23.8. The largest absolute Gasteiger partial charge is 0.472 e. The highest BCUT2D eigenvalue weighted by Gasteiger charge is 2.26. The molecule has 0 aliphatic rings. The Morgan fingerprint density at radius 2 is 1.02 bits per heavy atom. The van der Waals surface area contributed by atoms with Crippen molar-refractivity contribution in [1.82, 2.24) is 0 Å². The number of rotatable bonds is 38. The first kappa shape index (κ1) is 47.8. The van der Waals surface area contributed by atoms with Gasteiger partial charge < -0.3 is 20.1 Å². The van der Waals surface area contributed by atoms with E-state index in [1.807, 2.05) is 0 Å². The average Bonchev–Trinajstić information content (AvgIpc) is 3.08. The van der Waals surface area contributed by atoms with Crippen LogP contribution >= 0.6 is 7.82 Å². The lowest BCUT2D eigenvalue weighted by Gasteiger charge is -2.19. The summed E-state index contributed by atoms with van der Waals surface area (Å²) in [5.74, 6) is -0.824. The normalized spacial score (nSPS) is 13.5. The van der Waals surface area contributed by atoms with Crippen molar-refractivity contribution in [3.05, 3.63) is 12.2 Å². The van der Waals surface area contributed by atoms with Crippen LogP contribution < -0.4 is 5.73 Å². The van der Waals surface area contributed by atoms with Gasteiger partial charge in [-0.2, -0.15) is 0 Å². The number of unbranched alkanes of at least 4 members (excludes halogenated alkanes) is 23. The fraction of sp³-hybridized carbons (Fsp3) is 0.897. The Labute approximate surface area is 300 Å². The Bertz CT molecular complexity index is 825. The minimum absolute atomic E-state index is 0.0558. The number of hydrogen-bond acceptors (Lipinski definition) is 8. The first-order valence-electron chi connectivity index (χ1n) is 20.2. The number of esters is 2. The predicted octanol–water partition coefficient (Wildman–Crippen LogP) is 11.1. The van der Waals surface area contributed by atoms with Crippen LogP contribution in [0.25, 0.3) is 0 Å². The van der Waals surface area contributed by atoms with Gasteiger partial charge in [0.15, 0.2) is 6.10 Å². The number of allylic oxidation sites excluding steroid dienone is 2. The van der Waals surface area contributed by atoms with E-state index in [4.69, 9.17) is 24.3 Å². The molecule has 0 rings (SSSR count). The molecule has 0 aliphatic heterocycles. The second kappa shape index (κ2) is 36.5. The summed E-state index contributed by atoms with van der Waals surface area (Å²) in [5.41, 5.74) is 5.34. The number of hydrogen-bond donors (Lipinski definition) is 2. The van der Waals surface area contributed by atoms with Gasteiger partial charge in [0.25, 0.3) is 0 Å². The molecule has 0 heterocycles. The molecule has 10 heteroatoms. The molecule has 290 valence electrons. The molecule has 0 radical (unpaired) electrons. The van der Waals surface area contributed by atoms with Crippen LogP contribution in [0.3, 0.4) is 0 Å². The van der Waals surface area contributed by atoms with Crippen molar-refractivity contribution in [3.63, 3.8) is 0 Å². The highest BCUT2D eigenvalue weighted by molar-refractivity contribution is 7.47. The molecule has 0 aromatic rings. The van der Waals surface area contributed by atoms with Gasteiger partial charge in [0.05, 0.1) is 13.2 Å². The van der Waals surface area contributed by atoms with Gasteiger partial charge in [-0.05, 0) is 32.1 Å². The number of carbonyl (C=O) groups is 2. The van der Waals surface area contributed by atoms with Gasteiger partial charge >= 0.3 is 19.8 Å². The monoisotopic (exact) mass is 718 g/mol. The molecule has 49 heavy (non-hydrogen) atoms. The Morgan fingerprint density at radius 1 is 0.592 bits per heavy atom. The molecule has 0 amide bonds. The van der Waals surface area contributed by atoms with Crippen molar-refractivity contribution in [2.24, 2.45) is 5.73 Å². The van der Waals surface area contributed by atoms with Crippen LogP contribution in [0, 0.1) is 0 Å². The lowest BCUT2D eigenvalue weighted by Crippen LogP contribution is -2.29. The molecule has 0 saturated carbocycles. The van der Waals surface area contributed by atoms with E-state index in [0.29, 0.717) is 6.42 Å². The van der Waals surface area contributed by atoms with E-state index in [1.165, 1.54) is 122 Å². The number of phosphoric ester groups is 1. The van der Waals surface area contributed by atoms with Crippen LogP contribution in [0.15, 0.2) is 12.2 Å². The first-order valence-corrected chi connectivity index (χ1v) is 21.7. The van der Waals surface area contributed by atoms with Gasteiger partial charge in [-0.1, -0.05) is 161 Å². The predicted molar refractivity (Wildman–Crippen MR) is 201 cm³/mol. The molecule has 0 bridgehead atoms. The van der Waals surface area contributed by atoms with Gasteiger partial charge in [-0.15, -0.1) is 0 Å². The Morgan fingerprint density at radius 3 is 1.51 bits per heavy atom. The van der Waals surface area contributed by atoms with Crippen molar-refractivity contribution < 1.29 is 37.6 Å². The van der Waals surface area contributed by atoms with Crippen molar-refractivity contribution >= 4 is 19.8 Å². The summed E-state index contributed by atoms with van der Waals surface area (Å²) < 4.78 is 32.7. The Kier molecular flexibility index (Phi) is 35.6. The lowest BCUT2D eigenvalue weighted by molar-refractivity contribution is -0.161. The number of phosphoric acid groups is 1. The molecule has 0 aliphatic carbocycles. The molecule has 0 aromatic carbocycles. The maximum atomic E-state index is 12.5. The van der Waals surface area contributed by atoms with Crippen molar-refractivity contribution in [2.75, 3.05) is 26.4 Å². The third kappa shape index (κ3) is 36.3. The molecule has 0 aromatic heterocycles. The molecule has 2 atom stereocenters. The highest BCUT2D eigenvalue weighted by Crippen LogP contribution is 2.43. The molecule has 3 N–H and O–H groups in total. The van der Waals surface area contributed by atoms with Gasteiger partial charge in [0, 0.05) is 19.4 Å². The summed E-state index contributed by atoms with van der Waals surface area (Å²) >= 11 is 0. The molecule has 0 spiro atoms. The maximum absolute atomic E-state index is 12.5. The van der Waals surface area contributed by atoms with Crippen LogP contribution in [0.2, 0.25) is 0 Å². The zero-order valence-electron chi connectivity index (χ0n) is 31.7. The average molecular weight is 718 g/mol. The molecule has 0 fully saturated rings. The second-order valence-electron chi connectivity index (χ2n) is 13.5. The zero-order valence-corrected chi connectivity index (χ0v) is 32.6. The van der Waals surface area contributed by atoms with E-state index < -0.39 is 26.5 Å². The smallest absolute Gasteiger partial charge is 0.462 e. The van der Waals surface area contributed by atoms with Crippen molar-refractivity contribution in [1.29, 1.82) is 0 Å². The summed E-state index contributed by atoms with van der Waals surface area (Å²) in [6.07, 6.45) is 35.2. The topological polar surface area (TPSA) is 134 Å². The fourth-order valence-electron chi connectivity index (χ4n) is 5.62. The van der Waals surface area contributed by atoms with E-state index in [1.54, 1.807) is 0 Å². The SMILES string of the molecule is CCCC/C=C\CCCCCCCCCCCC(=O)OC(COC(=O)CCCCCCCCCCCCCCC)COP(=O)(O)OCCN. The van der Waals surface area contributed by atoms with E-state index in [0.717, 1.165) is 38.5 Å². The van der Waals surface area contributed by atoms with Gasteiger partial charge in [-0.25, -0.2) is 4.57 Å². The molecular formula is C39H76NO8P. The van der Waals surface area contributed by atoms with Crippen LogP contribution in [-0.4, -0.2) is 49.3 Å². The van der Waals surface area contributed by atoms with Crippen LogP contribution in [-0.2, 0) is 32.7 Å². The highest BCUT2D eigenvalue weighted by atomic mass is 31.2. The number of nitrogens with two attached hydrogens (primary N) is 1. The lowest BCUT2D eigenvalue weighted by atomic mass is 10.0. The minimum Gasteiger partial charge on any atom is -0.462 e. The molecule has 2 unspecified atom stereocenters. The fourth-order valence-corrected chi connectivity index (χ4v) is 6.38. The minimum atomic E-state index is -4.37. The van der Waals surface area contributed by atoms with Crippen LogP contribution in [0.1, 0.15) is 194 Å². The van der Waals surface area contributed by atoms with Gasteiger partial charge in [0.2, 0.25) is 0 Å². The summed E-state index contributed by atoms with van der Waals surface area (Å²) in [4.78, 5) is 34.7. The van der Waals surface area contributed by atoms with E-state index in [-0.39, 0.29) is 38.6 Å². The Balaban J connectivity index is 4.17.